The first-order valence-electron chi connectivity index (χ1n) is 6.52. The molecule has 1 unspecified atom stereocenters. The molecule has 1 heterocycles. The Kier molecular flexibility index (Phi) is 6.05. The van der Waals surface area contributed by atoms with E-state index in [-0.39, 0.29) is 0 Å². The average Bonchev–Trinajstić information content (AvgIpc) is 2.29. The number of aliphatic imine (C=N–C) groups is 1. The molecule has 1 aliphatic heterocycles. The van der Waals surface area contributed by atoms with Crippen LogP contribution in [0.25, 0.3) is 0 Å². The number of piperidine rings is 1. The summed E-state index contributed by atoms with van der Waals surface area (Å²) in [4.78, 5) is 6.71. The van der Waals surface area contributed by atoms with Crippen molar-refractivity contribution in [3.05, 3.63) is 12.2 Å². The fourth-order valence-electron chi connectivity index (χ4n) is 2.09. The van der Waals surface area contributed by atoms with Gasteiger partial charge in [-0.1, -0.05) is 18.6 Å². The Hall–Kier alpha value is -1.03. The topological polar surface area (TPSA) is 53.6 Å². The van der Waals surface area contributed by atoms with Crippen LogP contribution in [0.3, 0.4) is 0 Å². The van der Waals surface area contributed by atoms with Crippen LogP contribution < -0.4 is 11.1 Å². The molecule has 3 N–H and O–H groups in total. The van der Waals surface area contributed by atoms with Crippen molar-refractivity contribution in [3.63, 3.8) is 0 Å². The minimum absolute atomic E-state index is 0.526. The lowest BCUT2D eigenvalue weighted by atomic mass is 10.0. The van der Waals surface area contributed by atoms with Crippen LogP contribution in [0, 0.1) is 0 Å². The van der Waals surface area contributed by atoms with Crippen LogP contribution in [0.15, 0.2) is 17.1 Å². The van der Waals surface area contributed by atoms with Gasteiger partial charge in [0.05, 0.1) is 6.54 Å². The molecule has 4 heteroatoms. The highest BCUT2D eigenvalue weighted by Gasteiger charge is 2.16. The SMILES string of the molecule is C=C(C)CN=C(N)NCCN1CCCCC1C. The number of hydrogen-bond acceptors (Lipinski definition) is 2. The van der Waals surface area contributed by atoms with E-state index >= 15 is 0 Å². The van der Waals surface area contributed by atoms with Gasteiger partial charge in [0.25, 0.3) is 0 Å². The Morgan fingerprint density at radius 1 is 1.53 bits per heavy atom. The van der Waals surface area contributed by atoms with Crippen LogP contribution in [0.5, 0.6) is 0 Å². The van der Waals surface area contributed by atoms with E-state index in [0.29, 0.717) is 18.5 Å². The maximum Gasteiger partial charge on any atom is 0.188 e. The van der Waals surface area contributed by atoms with Gasteiger partial charge in [0.15, 0.2) is 5.96 Å². The summed E-state index contributed by atoms with van der Waals surface area (Å²) >= 11 is 0. The van der Waals surface area contributed by atoms with Gasteiger partial charge in [-0.3, -0.25) is 4.90 Å². The highest BCUT2D eigenvalue weighted by Crippen LogP contribution is 2.15. The third-order valence-corrected chi connectivity index (χ3v) is 3.17. The van der Waals surface area contributed by atoms with E-state index in [4.69, 9.17) is 5.73 Å². The van der Waals surface area contributed by atoms with Gasteiger partial charge in [-0.2, -0.15) is 0 Å². The summed E-state index contributed by atoms with van der Waals surface area (Å²) in [6, 6.07) is 0.708. The number of guanidine groups is 1. The molecule has 4 nitrogen and oxygen atoms in total. The Labute approximate surface area is 105 Å². The number of rotatable bonds is 5. The first-order valence-corrected chi connectivity index (χ1v) is 6.52. The van der Waals surface area contributed by atoms with Crippen molar-refractivity contribution in [1.82, 2.24) is 10.2 Å². The van der Waals surface area contributed by atoms with E-state index in [1.54, 1.807) is 0 Å². The maximum absolute atomic E-state index is 5.75. The molecule has 0 amide bonds. The number of likely N-dealkylation sites (tertiary alicyclic amines) is 1. The zero-order chi connectivity index (χ0) is 12.7. The molecule has 0 saturated carbocycles. The molecule has 1 aliphatic rings. The fourth-order valence-corrected chi connectivity index (χ4v) is 2.09. The molecule has 1 atom stereocenters. The first-order chi connectivity index (χ1) is 8.09. The molecule has 1 saturated heterocycles. The van der Waals surface area contributed by atoms with Crippen molar-refractivity contribution >= 4 is 5.96 Å². The third-order valence-electron chi connectivity index (χ3n) is 3.17. The molecule has 0 aromatic heterocycles. The Morgan fingerprint density at radius 2 is 2.29 bits per heavy atom. The van der Waals surface area contributed by atoms with Gasteiger partial charge in [0.2, 0.25) is 0 Å². The minimum Gasteiger partial charge on any atom is -0.370 e. The van der Waals surface area contributed by atoms with E-state index in [0.717, 1.165) is 18.7 Å². The van der Waals surface area contributed by atoms with Gasteiger partial charge in [-0.15, -0.1) is 0 Å². The van der Waals surface area contributed by atoms with Crippen molar-refractivity contribution in [2.75, 3.05) is 26.2 Å². The van der Waals surface area contributed by atoms with Gasteiger partial charge in [0, 0.05) is 19.1 Å². The second-order valence-electron chi connectivity index (χ2n) is 4.97. The van der Waals surface area contributed by atoms with Crippen LogP contribution in [0.4, 0.5) is 0 Å². The van der Waals surface area contributed by atoms with Crippen molar-refractivity contribution in [1.29, 1.82) is 0 Å². The van der Waals surface area contributed by atoms with Crippen LogP contribution in [0.1, 0.15) is 33.1 Å². The number of nitrogens with two attached hydrogens (primary N) is 1. The predicted molar refractivity (Wildman–Crippen MR) is 74.2 cm³/mol. The second-order valence-corrected chi connectivity index (χ2v) is 4.97. The maximum atomic E-state index is 5.75. The standard InChI is InChI=1S/C13H26N4/c1-11(2)10-16-13(14)15-7-9-17-8-5-4-6-12(17)3/h12H,1,4-10H2,2-3H3,(H3,14,15,16). The summed E-state index contributed by atoms with van der Waals surface area (Å²) in [5.74, 6) is 0.526. The fraction of sp³-hybridized carbons (Fsp3) is 0.769. The van der Waals surface area contributed by atoms with Crippen molar-refractivity contribution in [2.45, 2.75) is 39.2 Å². The molecule has 0 aliphatic carbocycles. The summed E-state index contributed by atoms with van der Waals surface area (Å²) in [6.45, 7) is 11.8. The van der Waals surface area contributed by atoms with E-state index in [9.17, 15) is 0 Å². The van der Waals surface area contributed by atoms with Crippen LogP contribution >= 0.6 is 0 Å². The van der Waals surface area contributed by atoms with Gasteiger partial charge in [-0.05, 0) is 33.2 Å². The molecule has 1 fully saturated rings. The lowest BCUT2D eigenvalue weighted by Gasteiger charge is -2.33. The van der Waals surface area contributed by atoms with Crippen LogP contribution in [-0.4, -0.2) is 43.1 Å². The summed E-state index contributed by atoms with van der Waals surface area (Å²) in [6.07, 6.45) is 4.01. The Bertz CT molecular complexity index is 273. The monoisotopic (exact) mass is 238 g/mol. The summed E-state index contributed by atoms with van der Waals surface area (Å²) in [5, 5.41) is 3.15. The Morgan fingerprint density at radius 3 is 2.94 bits per heavy atom. The van der Waals surface area contributed by atoms with E-state index < -0.39 is 0 Å². The van der Waals surface area contributed by atoms with Gasteiger partial charge in [0.1, 0.15) is 0 Å². The molecular weight excluding hydrogens is 212 g/mol. The molecule has 0 bridgehead atoms. The van der Waals surface area contributed by atoms with Crippen molar-refractivity contribution in [3.8, 4) is 0 Å². The first kappa shape index (κ1) is 14.0. The molecule has 0 aromatic rings. The van der Waals surface area contributed by atoms with Crippen LogP contribution in [-0.2, 0) is 0 Å². The lowest BCUT2D eigenvalue weighted by Crippen LogP contribution is -2.43. The van der Waals surface area contributed by atoms with Crippen LogP contribution in [0.2, 0.25) is 0 Å². The highest BCUT2D eigenvalue weighted by molar-refractivity contribution is 5.77. The number of nitrogens with zero attached hydrogens (tertiary/aromatic N) is 2. The van der Waals surface area contributed by atoms with Crippen molar-refractivity contribution in [2.24, 2.45) is 10.7 Å². The molecule has 0 aromatic carbocycles. The molecule has 1 rings (SSSR count). The molecule has 0 spiro atoms. The normalized spacial score (nSPS) is 22.5. The van der Waals surface area contributed by atoms with Gasteiger partial charge < -0.3 is 11.1 Å². The van der Waals surface area contributed by atoms with Gasteiger partial charge in [-0.25, -0.2) is 4.99 Å². The average molecular weight is 238 g/mol. The molecule has 0 radical (unpaired) electrons. The van der Waals surface area contributed by atoms with E-state index in [2.05, 4.69) is 28.7 Å². The smallest absolute Gasteiger partial charge is 0.188 e. The Balaban J connectivity index is 2.18. The molecule has 17 heavy (non-hydrogen) atoms. The third kappa shape index (κ3) is 5.73. The summed E-state index contributed by atoms with van der Waals surface area (Å²) < 4.78 is 0. The lowest BCUT2D eigenvalue weighted by molar-refractivity contribution is 0.164. The second kappa shape index (κ2) is 7.33. The minimum atomic E-state index is 0.526. The zero-order valence-electron chi connectivity index (χ0n) is 11.2. The quantitative estimate of drug-likeness (QED) is 0.432. The molecular formula is C13H26N4. The highest BCUT2D eigenvalue weighted by atomic mass is 15.2. The summed E-state index contributed by atoms with van der Waals surface area (Å²) in [7, 11) is 0. The summed E-state index contributed by atoms with van der Waals surface area (Å²) in [5.41, 5.74) is 6.78. The predicted octanol–water partition coefficient (Wildman–Crippen LogP) is 1.34. The number of nitrogens with one attached hydrogen (secondary N) is 1. The van der Waals surface area contributed by atoms with E-state index in [1.807, 2.05) is 6.92 Å². The number of hydrogen-bond donors (Lipinski definition) is 2. The van der Waals surface area contributed by atoms with Crippen molar-refractivity contribution < 1.29 is 0 Å². The zero-order valence-corrected chi connectivity index (χ0v) is 11.2. The molecule has 98 valence electrons. The van der Waals surface area contributed by atoms with Gasteiger partial charge >= 0.3 is 0 Å². The largest absolute Gasteiger partial charge is 0.370 e. The van der Waals surface area contributed by atoms with E-state index in [1.165, 1.54) is 25.8 Å².